The Balaban J connectivity index is 1.08. The van der Waals surface area contributed by atoms with Gasteiger partial charge in [0.2, 0.25) is 0 Å². The lowest BCUT2D eigenvalue weighted by Gasteiger charge is -2.57. The van der Waals surface area contributed by atoms with Gasteiger partial charge in [-0.25, -0.2) is 4.79 Å². The second-order valence-corrected chi connectivity index (χ2v) is 11.8. The highest BCUT2D eigenvalue weighted by molar-refractivity contribution is 6.31. The van der Waals surface area contributed by atoms with Crippen LogP contribution in [-0.4, -0.2) is 52.0 Å². The summed E-state index contributed by atoms with van der Waals surface area (Å²) in [7, 11) is 0. The minimum atomic E-state index is -0.909. The fourth-order valence-corrected chi connectivity index (χ4v) is 8.03. The molecule has 180 valence electrons. The first-order chi connectivity index (χ1) is 16.5. The van der Waals surface area contributed by atoms with Crippen LogP contribution in [0, 0.1) is 17.8 Å². The maximum Gasteiger partial charge on any atom is 0.337 e. The summed E-state index contributed by atoms with van der Waals surface area (Å²) in [6.07, 6.45) is 10.2. The lowest BCUT2D eigenvalue weighted by molar-refractivity contribution is -0.00520. The number of benzene rings is 1. The molecular formula is C28H34ClN3O2. The summed E-state index contributed by atoms with van der Waals surface area (Å²) >= 11 is 6.87. The number of carboxylic acids is 1. The first-order valence-corrected chi connectivity index (χ1v) is 13.3. The monoisotopic (exact) mass is 479 g/mol. The summed E-state index contributed by atoms with van der Waals surface area (Å²) in [5.74, 6) is 1.92. The van der Waals surface area contributed by atoms with Crippen molar-refractivity contribution >= 4 is 17.6 Å². The molecule has 5 fully saturated rings. The van der Waals surface area contributed by atoms with Gasteiger partial charge in [0.25, 0.3) is 0 Å². The number of nitrogens with zero attached hydrogens (tertiary/aromatic N) is 3. The van der Waals surface area contributed by atoms with Crippen LogP contribution >= 0.6 is 11.6 Å². The molecule has 5 aliphatic rings. The number of pyridine rings is 1. The Morgan fingerprint density at radius 1 is 0.971 bits per heavy atom. The molecule has 0 unspecified atom stereocenters. The van der Waals surface area contributed by atoms with Crippen LogP contribution in [0.25, 0.3) is 0 Å². The molecule has 5 nitrogen and oxygen atoms in total. The van der Waals surface area contributed by atoms with Gasteiger partial charge in [-0.05, 0) is 91.0 Å². The molecule has 1 aromatic carbocycles. The molecule has 0 amide bonds. The average molecular weight is 480 g/mol. The van der Waals surface area contributed by atoms with Crippen molar-refractivity contribution in [2.45, 2.75) is 57.0 Å². The fraction of sp³-hybridized carbons (Fsp3) is 0.571. The van der Waals surface area contributed by atoms with E-state index in [1.165, 1.54) is 49.7 Å². The number of aromatic nitrogens is 1. The molecule has 1 N–H and O–H groups in total. The van der Waals surface area contributed by atoms with E-state index in [1.807, 2.05) is 0 Å². The van der Waals surface area contributed by atoms with Crippen molar-refractivity contribution in [2.75, 3.05) is 26.2 Å². The molecule has 2 aromatic rings. The van der Waals surface area contributed by atoms with Crippen LogP contribution in [-0.2, 0) is 18.5 Å². The van der Waals surface area contributed by atoms with Gasteiger partial charge < -0.3 is 5.11 Å². The van der Waals surface area contributed by atoms with Crippen molar-refractivity contribution in [3.8, 4) is 0 Å². The lowest BCUT2D eigenvalue weighted by atomic mass is 9.48. The Bertz CT molecular complexity index is 1040. The van der Waals surface area contributed by atoms with Gasteiger partial charge in [-0.3, -0.25) is 14.8 Å². The standard InChI is InChI=1S/C28H34ClN3O2/c29-25-13-23(28-14-19-10-20(15-28)12-21(11-19)16-28)4-3-22(25)17-31-6-8-32(9-7-31)18-26-24(27(33)34)2-1-5-30-26/h1-5,13,19-21H,6-12,14-18H2,(H,33,34). The Kier molecular flexibility index (Phi) is 5.91. The van der Waals surface area contributed by atoms with Crippen molar-refractivity contribution in [1.82, 2.24) is 14.8 Å². The summed E-state index contributed by atoms with van der Waals surface area (Å²) in [5.41, 5.74) is 4.06. The molecular weight excluding hydrogens is 446 g/mol. The van der Waals surface area contributed by atoms with E-state index in [1.54, 1.807) is 18.3 Å². The highest BCUT2D eigenvalue weighted by atomic mass is 35.5. The molecule has 1 saturated heterocycles. The highest BCUT2D eigenvalue weighted by Gasteiger charge is 2.51. The fourth-order valence-electron chi connectivity index (χ4n) is 7.79. The summed E-state index contributed by atoms with van der Waals surface area (Å²) in [6, 6.07) is 10.3. The van der Waals surface area contributed by atoms with Gasteiger partial charge in [0.1, 0.15) is 0 Å². The van der Waals surface area contributed by atoms with Crippen LogP contribution in [0.5, 0.6) is 0 Å². The van der Waals surface area contributed by atoms with Gasteiger partial charge in [-0.2, -0.15) is 0 Å². The largest absolute Gasteiger partial charge is 0.478 e. The minimum absolute atomic E-state index is 0.302. The normalized spacial score (nSPS) is 31.1. The van der Waals surface area contributed by atoms with Crippen molar-refractivity contribution in [2.24, 2.45) is 17.8 Å². The van der Waals surface area contributed by atoms with E-state index in [-0.39, 0.29) is 0 Å². The van der Waals surface area contributed by atoms with Crippen LogP contribution < -0.4 is 0 Å². The SMILES string of the molecule is O=C(O)c1cccnc1CN1CCN(Cc2ccc(C34CC5CC(CC(C5)C3)C4)cc2Cl)CC1. The molecule has 0 radical (unpaired) electrons. The van der Waals surface area contributed by atoms with Gasteiger partial charge >= 0.3 is 5.97 Å². The third-order valence-corrected chi connectivity index (χ3v) is 9.41. The Labute approximate surface area is 207 Å². The molecule has 2 heterocycles. The van der Waals surface area contributed by atoms with Crippen molar-refractivity contribution in [3.05, 3.63) is 63.9 Å². The molecule has 6 heteroatoms. The Morgan fingerprint density at radius 3 is 2.18 bits per heavy atom. The molecule has 0 spiro atoms. The van der Waals surface area contributed by atoms with Crippen LogP contribution in [0.4, 0.5) is 0 Å². The quantitative estimate of drug-likeness (QED) is 0.615. The van der Waals surface area contributed by atoms with Gasteiger partial charge in [-0.1, -0.05) is 23.7 Å². The highest BCUT2D eigenvalue weighted by Crippen LogP contribution is 2.60. The number of piperazine rings is 1. The van der Waals surface area contributed by atoms with E-state index >= 15 is 0 Å². The molecule has 4 saturated carbocycles. The Hall–Kier alpha value is -1.95. The molecule has 4 bridgehead atoms. The second-order valence-electron chi connectivity index (χ2n) is 11.4. The third-order valence-electron chi connectivity index (χ3n) is 9.06. The van der Waals surface area contributed by atoms with Crippen molar-refractivity contribution in [1.29, 1.82) is 0 Å². The van der Waals surface area contributed by atoms with E-state index in [2.05, 4.69) is 33.0 Å². The maximum absolute atomic E-state index is 11.5. The zero-order chi connectivity index (χ0) is 23.3. The topological polar surface area (TPSA) is 56.7 Å². The summed E-state index contributed by atoms with van der Waals surface area (Å²) in [4.78, 5) is 20.5. The zero-order valence-electron chi connectivity index (χ0n) is 19.8. The van der Waals surface area contributed by atoms with Crippen LogP contribution in [0.3, 0.4) is 0 Å². The molecule has 1 aromatic heterocycles. The lowest BCUT2D eigenvalue weighted by Crippen LogP contribution is -2.48. The van der Waals surface area contributed by atoms with Gasteiger partial charge in [0, 0.05) is 50.5 Å². The summed E-state index contributed by atoms with van der Waals surface area (Å²) in [6.45, 7) is 5.15. The van der Waals surface area contributed by atoms with Crippen LogP contribution in [0.2, 0.25) is 5.02 Å². The van der Waals surface area contributed by atoms with E-state index in [0.717, 1.165) is 55.5 Å². The van der Waals surface area contributed by atoms with Crippen molar-refractivity contribution in [3.63, 3.8) is 0 Å². The smallest absolute Gasteiger partial charge is 0.337 e. The molecule has 4 aliphatic carbocycles. The first kappa shape index (κ1) is 22.5. The second kappa shape index (κ2) is 8.92. The average Bonchev–Trinajstić information content (AvgIpc) is 2.81. The zero-order valence-corrected chi connectivity index (χ0v) is 20.5. The number of carboxylic acid groups (broad SMARTS) is 1. The number of carbonyl (C=O) groups is 1. The minimum Gasteiger partial charge on any atom is -0.478 e. The summed E-state index contributed by atoms with van der Waals surface area (Å²) in [5, 5.41) is 10.3. The van der Waals surface area contributed by atoms with E-state index in [0.29, 0.717) is 23.2 Å². The van der Waals surface area contributed by atoms with Gasteiger partial charge in [-0.15, -0.1) is 0 Å². The van der Waals surface area contributed by atoms with Crippen molar-refractivity contribution < 1.29 is 9.90 Å². The van der Waals surface area contributed by atoms with E-state index < -0.39 is 5.97 Å². The molecule has 0 atom stereocenters. The number of hydrogen-bond acceptors (Lipinski definition) is 4. The molecule has 34 heavy (non-hydrogen) atoms. The maximum atomic E-state index is 11.5. The molecule has 1 aliphatic heterocycles. The van der Waals surface area contributed by atoms with E-state index in [4.69, 9.17) is 11.6 Å². The Morgan fingerprint density at radius 2 is 1.59 bits per heavy atom. The number of halogens is 1. The van der Waals surface area contributed by atoms with Crippen LogP contribution in [0.15, 0.2) is 36.5 Å². The molecule has 7 rings (SSSR count). The summed E-state index contributed by atoms with van der Waals surface area (Å²) < 4.78 is 0. The first-order valence-electron chi connectivity index (χ1n) is 12.9. The number of aromatic carboxylic acids is 1. The predicted octanol–water partition coefficient (Wildman–Crippen LogP) is 5.22. The van der Waals surface area contributed by atoms with Gasteiger partial charge in [0.15, 0.2) is 0 Å². The predicted molar refractivity (Wildman–Crippen MR) is 133 cm³/mol. The number of rotatable bonds is 6. The van der Waals surface area contributed by atoms with Gasteiger partial charge in [0.05, 0.1) is 11.3 Å². The third kappa shape index (κ3) is 4.27. The van der Waals surface area contributed by atoms with E-state index in [9.17, 15) is 9.90 Å². The van der Waals surface area contributed by atoms with Crippen LogP contribution in [0.1, 0.15) is 65.7 Å². The number of hydrogen-bond donors (Lipinski definition) is 1.